The average molecular weight is 267 g/mol. The van der Waals surface area contributed by atoms with Crippen molar-refractivity contribution < 1.29 is 0 Å². The number of anilines is 1. The van der Waals surface area contributed by atoms with E-state index in [-0.39, 0.29) is 12.4 Å². The lowest BCUT2D eigenvalue weighted by molar-refractivity contribution is 0.187. The molecule has 2 nitrogen and oxygen atoms in total. The summed E-state index contributed by atoms with van der Waals surface area (Å²) in [6, 6.07) is 9.14. The molecule has 0 saturated heterocycles. The largest absolute Gasteiger partial charge is 0.399 e. The number of hydrogen-bond acceptors (Lipinski definition) is 2. The molecule has 0 aromatic heterocycles. The minimum Gasteiger partial charge on any atom is -0.399 e. The van der Waals surface area contributed by atoms with Gasteiger partial charge in [-0.3, -0.25) is 4.90 Å². The average Bonchev–Trinajstić information content (AvgIpc) is 3.11. The predicted molar refractivity (Wildman–Crippen MR) is 78.8 cm³/mol. The molecule has 0 spiro atoms. The summed E-state index contributed by atoms with van der Waals surface area (Å²) in [5.74, 6) is 1.96. The van der Waals surface area contributed by atoms with E-state index in [0.717, 1.165) is 30.1 Å². The Bertz CT molecular complexity index is 387. The normalized spacial score (nSPS) is 19.1. The van der Waals surface area contributed by atoms with E-state index in [9.17, 15) is 0 Å². The van der Waals surface area contributed by atoms with E-state index in [1.54, 1.807) is 0 Å². The summed E-state index contributed by atoms with van der Waals surface area (Å²) in [6.07, 6.45) is 5.79. The molecule has 2 aliphatic rings. The molecule has 0 heterocycles. The molecule has 18 heavy (non-hydrogen) atoms. The number of nitrogen functional groups attached to an aromatic ring is 1. The maximum absolute atomic E-state index is 5.84. The van der Waals surface area contributed by atoms with Crippen molar-refractivity contribution in [2.75, 3.05) is 12.8 Å². The Morgan fingerprint density at radius 3 is 2.33 bits per heavy atom. The molecule has 1 aromatic rings. The van der Waals surface area contributed by atoms with Crippen LogP contribution >= 0.6 is 12.4 Å². The number of rotatable bonds is 5. The molecule has 3 rings (SSSR count). The van der Waals surface area contributed by atoms with E-state index < -0.39 is 0 Å². The second-order valence-corrected chi connectivity index (χ2v) is 5.83. The Kier molecular flexibility index (Phi) is 4.18. The van der Waals surface area contributed by atoms with Gasteiger partial charge >= 0.3 is 0 Å². The lowest BCUT2D eigenvalue weighted by Crippen LogP contribution is -2.34. The molecule has 0 atom stereocenters. The van der Waals surface area contributed by atoms with E-state index in [0.29, 0.717) is 0 Å². The van der Waals surface area contributed by atoms with Crippen molar-refractivity contribution >= 4 is 18.1 Å². The number of nitrogens with zero attached hydrogens (tertiary/aromatic N) is 1. The van der Waals surface area contributed by atoms with Crippen LogP contribution in [0.3, 0.4) is 0 Å². The first-order valence-electron chi connectivity index (χ1n) is 6.78. The van der Waals surface area contributed by atoms with Crippen molar-refractivity contribution in [2.45, 2.75) is 38.3 Å². The lowest BCUT2D eigenvalue weighted by atomic mass is 10.0. The van der Waals surface area contributed by atoms with Crippen molar-refractivity contribution in [1.82, 2.24) is 4.90 Å². The standard InChI is InChI=1S/C15H22N2.ClH/c1-17(10-11-3-2-4-14(16)9-11)15(12-5-6-12)13-7-8-13;/h2-4,9,12-13,15H,5-8,10,16H2,1H3;1H. The second kappa shape index (κ2) is 5.50. The van der Waals surface area contributed by atoms with Crippen molar-refractivity contribution in [3.05, 3.63) is 29.8 Å². The molecule has 1 aromatic carbocycles. The molecule has 3 heteroatoms. The molecule has 2 aliphatic carbocycles. The van der Waals surface area contributed by atoms with Crippen LogP contribution in [0.1, 0.15) is 31.2 Å². The van der Waals surface area contributed by atoms with Crippen LogP contribution in [0.5, 0.6) is 0 Å². The first-order chi connectivity index (χ1) is 8.24. The van der Waals surface area contributed by atoms with Gasteiger partial charge in [0.25, 0.3) is 0 Å². The quantitative estimate of drug-likeness (QED) is 0.829. The van der Waals surface area contributed by atoms with Gasteiger partial charge in [0.2, 0.25) is 0 Å². The Morgan fingerprint density at radius 2 is 1.83 bits per heavy atom. The molecule has 2 N–H and O–H groups in total. The Labute approximate surface area is 116 Å². The highest BCUT2D eigenvalue weighted by molar-refractivity contribution is 5.85. The molecule has 0 unspecified atom stereocenters. The zero-order valence-corrected chi connectivity index (χ0v) is 11.8. The van der Waals surface area contributed by atoms with Crippen molar-refractivity contribution in [3.63, 3.8) is 0 Å². The molecule has 2 saturated carbocycles. The first-order valence-corrected chi connectivity index (χ1v) is 6.78. The van der Waals surface area contributed by atoms with Crippen molar-refractivity contribution in [2.24, 2.45) is 11.8 Å². The van der Waals surface area contributed by atoms with Crippen LogP contribution in [0.15, 0.2) is 24.3 Å². The van der Waals surface area contributed by atoms with E-state index in [1.807, 2.05) is 6.07 Å². The van der Waals surface area contributed by atoms with Crippen LogP contribution in [0.4, 0.5) is 5.69 Å². The SMILES string of the molecule is CN(Cc1cccc(N)c1)C(C1CC1)C1CC1.Cl. The molecule has 100 valence electrons. The van der Waals surface area contributed by atoms with Gasteiger partial charge in [0, 0.05) is 18.3 Å². The maximum atomic E-state index is 5.84. The van der Waals surface area contributed by atoms with Gasteiger partial charge < -0.3 is 5.73 Å². The van der Waals surface area contributed by atoms with Gasteiger partial charge in [-0.15, -0.1) is 12.4 Å². The van der Waals surface area contributed by atoms with Crippen LogP contribution in [0, 0.1) is 11.8 Å². The Hall–Kier alpha value is -0.730. The predicted octanol–water partition coefficient (Wildman–Crippen LogP) is 3.31. The van der Waals surface area contributed by atoms with Gasteiger partial charge in [0.15, 0.2) is 0 Å². The topological polar surface area (TPSA) is 29.3 Å². The van der Waals surface area contributed by atoms with Gasteiger partial charge in [-0.1, -0.05) is 12.1 Å². The van der Waals surface area contributed by atoms with Gasteiger partial charge in [-0.25, -0.2) is 0 Å². The van der Waals surface area contributed by atoms with Crippen LogP contribution in [-0.4, -0.2) is 18.0 Å². The summed E-state index contributed by atoms with van der Waals surface area (Å²) < 4.78 is 0. The highest BCUT2D eigenvalue weighted by atomic mass is 35.5. The Balaban J connectivity index is 0.00000120. The summed E-state index contributed by atoms with van der Waals surface area (Å²) >= 11 is 0. The molecule has 2 fully saturated rings. The summed E-state index contributed by atoms with van der Waals surface area (Å²) in [7, 11) is 2.28. The Morgan fingerprint density at radius 1 is 1.22 bits per heavy atom. The first kappa shape index (κ1) is 13.7. The van der Waals surface area contributed by atoms with Gasteiger partial charge in [0.05, 0.1) is 0 Å². The highest BCUT2D eigenvalue weighted by Gasteiger charge is 2.43. The van der Waals surface area contributed by atoms with Crippen molar-refractivity contribution in [3.8, 4) is 0 Å². The monoisotopic (exact) mass is 266 g/mol. The van der Waals surface area contributed by atoms with Crippen LogP contribution < -0.4 is 5.73 Å². The molecule has 0 amide bonds. The second-order valence-electron chi connectivity index (χ2n) is 5.83. The molecule has 0 radical (unpaired) electrons. The number of nitrogens with two attached hydrogens (primary N) is 1. The van der Waals surface area contributed by atoms with E-state index >= 15 is 0 Å². The third-order valence-corrected chi connectivity index (χ3v) is 4.10. The summed E-state index contributed by atoms with van der Waals surface area (Å²) in [4.78, 5) is 2.56. The fraction of sp³-hybridized carbons (Fsp3) is 0.600. The van der Waals surface area contributed by atoms with E-state index in [2.05, 4.69) is 30.1 Å². The van der Waals surface area contributed by atoms with Crippen LogP contribution in [0.25, 0.3) is 0 Å². The fourth-order valence-corrected chi connectivity index (χ4v) is 3.07. The fourth-order valence-electron chi connectivity index (χ4n) is 3.07. The number of halogens is 1. The van der Waals surface area contributed by atoms with Gasteiger partial charge in [-0.2, -0.15) is 0 Å². The minimum absolute atomic E-state index is 0. The summed E-state index contributed by atoms with van der Waals surface area (Å²) in [5.41, 5.74) is 8.06. The molecule has 0 aliphatic heterocycles. The van der Waals surface area contributed by atoms with E-state index in [4.69, 9.17) is 5.73 Å². The molecular formula is C15H23ClN2. The van der Waals surface area contributed by atoms with Crippen molar-refractivity contribution in [1.29, 1.82) is 0 Å². The number of benzene rings is 1. The highest BCUT2D eigenvalue weighted by Crippen LogP contribution is 2.47. The van der Waals surface area contributed by atoms with Gasteiger partial charge in [0.1, 0.15) is 0 Å². The summed E-state index contributed by atoms with van der Waals surface area (Å²) in [5, 5.41) is 0. The summed E-state index contributed by atoms with van der Waals surface area (Å²) in [6.45, 7) is 1.04. The maximum Gasteiger partial charge on any atom is 0.0317 e. The molecular weight excluding hydrogens is 244 g/mol. The minimum atomic E-state index is 0. The van der Waals surface area contributed by atoms with Gasteiger partial charge in [-0.05, 0) is 62.3 Å². The third kappa shape index (κ3) is 3.18. The van der Waals surface area contributed by atoms with Crippen LogP contribution in [0.2, 0.25) is 0 Å². The molecule has 0 bridgehead atoms. The van der Waals surface area contributed by atoms with E-state index in [1.165, 1.54) is 31.2 Å². The zero-order valence-electron chi connectivity index (χ0n) is 11.0. The lowest BCUT2D eigenvalue weighted by Gasteiger charge is -2.28. The smallest absolute Gasteiger partial charge is 0.0317 e. The zero-order chi connectivity index (χ0) is 11.8. The van der Waals surface area contributed by atoms with Crippen LogP contribution in [-0.2, 0) is 6.54 Å². The number of hydrogen-bond donors (Lipinski definition) is 1. The third-order valence-electron chi connectivity index (χ3n) is 4.10.